The van der Waals surface area contributed by atoms with Gasteiger partial charge in [-0.05, 0) is 41.0 Å². The molecule has 0 bridgehead atoms. The molecule has 5 heteroatoms. The van der Waals surface area contributed by atoms with Gasteiger partial charge in [0.1, 0.15) is 0 Å². The molecule has 0 radical (unpaired) electrons. The van der Waals surface area contributed by atoms with Gasteiger partial charge in [-0.1, -0.05) is 19.1 Å². The number of likely N-dealkylation sites (N-methyl/N-ethyl adjacent to an activating group) is 1. The number of aromatic nitrogens is 2. The molecule has 0 saturated carbocycles. The Balaban J connectivity index is 2.16. The number of nitrogens with one attached hydrogen (secondary N) is 1. The average molecular weight is 310 g/mol. The fourth-order valence-electron chi connectivity index (χ4n) is 1.65. The minimum Gasteiger partial charge on any atom is -0.421 e. The number of hydrogen-bond acceptors (Lipinski definition) is 4. The fourth-order valence-corrected chi connectivity index (χ4v) is 2.08. The van der Waals surface area contributed by atoms with Crippen LogP contribution in [0.15, 0.2) is 27.1 Å². The zero-order valence-corrected chi connectivity index (χ0v) is 12.1. The molecular weight excluding hydrogens is 294 g/mol. The van der Waals surface area contributed by atoms with E-state index in [1.165, 1.54) is 0 Å². The van der Waals surface area contributed by atoms with Crippen molar-refractivity contribution in [3.63, 3.8) is 0 Å². The summed E-state index contributed by atoms with van der Waals surface area (Å²) in [6, 6.07) is 5.99. The first-order valence-corrected chi connectivity index (χ1v) is 6.80. The quantitative estimate of drug-likeness (QED) is 0.863. The smallest absolute Gasteiger partial charge is 0.248 e. The number of rotatable bonds is 5. The maximum Gasteiger partial charge on any atom is 0.248 e. The Labute approximate surface area is 115 Å². The van der Waals surface area contributed by atoms with Crippen LogP contribution in [0.25, 0.3) is 11.5 Å². The van der Waals surface area contributed by atoms with E-state index in [1.807, 2.05) is 25.1 Å². The molecule has 1 aromatic heterocycles. The molecule has 2 aromatic rings. The number of benzene rings is 1. The van der Waals surface area contributed by atoms with Gasteiger partial charge >= 0.3 is 0 Å². The normalized spacial score (nSPS) is 10.8. The highest BCUT2D eigenvalue weighted by atomic mass is 79.9. The maximum absolute atomic E-state index is 5.66. The van der Waals surface area contributed by atoms with Gasteiger partial charge in [0.2, 0.25) is 11.8 Å². The third-order valence-corrected chi connectivity index (χ3v) is 3.71. The fraction of sp³-hybridized carbons (Fsp3) is 0.385. The number of aryl methyl sites for hydroxylation is 1. The van der Waals surface area contributed by atoms with Crippen LogP contribution in [0.1, 0.15) is 18.4 Å². The molecule has 4 nitrogen and oxygen atoms in total. The molecule has 0 spiro atoms. The Hall–Kier alpha value is -1.20. The molecule has 1 heterocycles. The predicted octanol–water partition coefficient (Wildman–Crippen LogP) is 2.96. The average Bonchev–Trinajstić information content (AvgIpc) is 2.82. The first kappa shape index (κ1) is 13.2. The standard InChI is InChI=1S/C13H16BrN3O/c1-3-15-8-7-11-16-17-13(18-11)10-6-4-5-9(2)12(10)14/h4-6,15H,3,7-8H2,1-2H3. The van der Waals surface area contributed by atoms with E-state index in [-0.39, 0.29) is 0 Å². The second-order valence-electron chi connectivity index (χ2n) is 4.04. The van der Waals surface area contributed by atoms with Gasteiger partial charge in [0.05, 0.1) is 5.56 Å². The molecule has 96 valence electrons. The van der Waals surface area contributed by atoms with Crippen LogP contribution in [0.3, 0.4) is 0 Å². The van der Waals surface area contributed by atoms with Crippen LogP contribution < -0.4 is 5.32 Å². The summed E-state index contributed by atoms with van der Waals surface area (Å²) in [5.74, 6) is 1.23. The zero-order valence-electron chi connectivity index (χ0n) is 10.5. The topological polar surface area (TPSA) is 51.0 Å². The molecule has 18 heavy (non-hydrogen) atoms. The summed E-state index contributed by atoms with van der Waals surface area (Å²) in [4.78, 5) is 0. The lowest BCUT2D eigenvalue weighted by molar-refractivity contribution is 0.496. The van der Waals surface area contributed by atoms with Gasteiger partial charge in [0, 0.05) is 17.4 Å². The Morgan fingerprint density at radius 1 is 1.33 bits per heavy atom. The molecule has 0 amide bonds. The summed E-state index contributed by atoms with van der Waals surface area (Å²) in [6.45, 7) is 5.91. The SMILES string of the molecule is CCNCCc1nnc(-c2cccc(C)c2Br)o1. The van der Waals surface area contributed by atoms with Gasteiger partial charge in [-0.25, -0.2) is 0 Å². The Kier molecular flexibility index (Phi) is 4.49. The lowest BCUT2D eigenvalue weighted by Crippen LogP contribution is -2.16. The van der Waals surface area contributed by atoms with E-state index in [2.05, 4.69) is 38.4 Å². The molecule has 2 rings (SSSR count). The predicted molar refractivity (Wildman–Crippen MR) is 74.4 cm³/mol. The summed E-state index contributed by atoms with van der Waals surface area (Å²) in [5, 5.41) is 11.4. The van der Waals surface area contributed by atoms with Crippen molar-refractivity contribution in [3.05, 3.63) is 34.1 Å². The molecule has 0 atom stereocenters. The van der Waals surface area contributed by atoms with Crippen LogP contribution >= 0.6 is 15.9 Å². The molecule has 0 aliphatic carbocycles. The summed E-state index contributed by atoms with van der Waals surface area (Å²) in [5.41, 5.74) is 2.09. The van der Waals surface area contributed by atoms with Gasteiger partial charge < -0.3 is 9.73 Å². The van der Waals surface area contributed by atoms with Gasteiger partial charge in [-0.3, -0.25) is 0 Å². The second-order valence-corrected chi connectivity index (χ2v) is 4.83. The lowest BCUT2D eigenvalue weighted by atomic mass is 10.1. The van der Waals surface area contributed by atoms with E-state index in [1.54, 1.807) is 0 Å². The van der Waals surface area contributed by atoms with Crippen molar-refractivity contribution in [2.45, 2.75) is 20.3 Å². The summed E-state index contributed by atoms with van der Waals surface area (Å²) in [7, 11) is 0. The monoisotopic (exact) mass is 309 g/mol. The van der Waals surface area contributed by atoms with Crippen molar-refractivity contribution in [2.24, 2.45) is 0 Å². The summed E-state index contributed by atoms with van der Waals surface area (Å²) >= 11 is 3.55. The highest BCUT2D eigenvalue weighted by Gasteiger charge is 2.12. The minimum atomic E-state index is 0.567. The third kappa shape index (κ3) is 2.97. The van der Waals surface area contributed by atoms with Crippen LogP contribution in [0.2, 0.25) is 0 Å². The summed E-state index contributed by atoms with van der Waals surface area (Å²) in [6.07, 6.45) is 0.754. The third-order valence-electron chi connectivity index (χ3n) is 2.65. The molecule has 1 N–H and O–H groups in total. The summed E-state index contributed by atoms with van der Waals surface area (Å²) < 4.78 is 6.67. The molecular formula is C13H16BrN3O. The number of hydrogen-bond donors (Lipinski definition) is 1. The first-order chi connectivity index (χ1) is 8.72. The van der Waals surface area contributed by atoms with Gasteiger partial charge in [-0.15, -0.1) is 10.2 Å². The Morgan fingerprint density at radius 3 is 2.94 bits per heavy atom. The lowest BCUT2D eigenvalue weighted by Gasteiger charge is -2.02. The molecule has 1 aromatic carbocycles. The van der Waals surface area contributed by atoms with Gasteiger partial charge in [-0.2, -0.15) is 0 Å². The minimum absolute atomic E-state index is 0.567. The van der Waals surface area contributed by atoms with Crippen molar-refractivity contribution in [1.82, 2.24) is 15.5 Å². The van der Waals surface area contributed by atoms with Crippen LogP contribution in [-0.2, 0) is 6.42 Å². The van der Waals surface area contributed by atoms with Gasteiger partial charge in [0.25, 0.3) is 0 Å². The number of halogens is 1. The maximum atomic E-state index is 5.66. The Bertz CT molecular complexity index is 525. The highest BCUT2D eigenvalue weighted by molar-refractivity contribution is 9.10. The molecule has 0 aliphatic heterocycles. The molecule has 0 aliphatic rings. The van der Waals surface area contributed by atoms with Crippen molar-refractivity contribution >= 4 is 15.9 Å². The van der Waals surface area contributed by atoms with Crippen molar-refractivity contribution in [2.75, 3.05) is 13.1 Å². The molecule has 0 saturated heterocycles. The van der Waals surface area contributed by atoms with E-state index >= 15 is 0 Å². The van der Waals surface area contributed by atoms with E-state index in [0.717, 1.165) is 35.1 Å². The zero-order chi connectivity index (χ0) is 13.0. The number of nitrogens with zero attached hydrogens (tertiary/aromatic N) is 2. The van der Waals surface area contributed by atoms with Crippen LogP contribution in [0.5, 0.6) is 0 Å². The largest absolute Gasteiger partial charge is 0.421 e. The van der Waals surface area contributed by atoms with Gasteiger partial charge in [0.15, 0.2) is 0 Å². The van der Waals surface area contributed by atoms with E-state index in [4.69, 9.17) is 4.42 Å². The van der Waals surface area contributed by atoms with Crippen LogP contribution in [0.4, 0.5) is 0 Å². The Morgan fingerprint density at radius 2 is 2.17 bits per heavy atom. The highest BCUT2D eigenvalue weighted by Crippen LogP contribution is 2.29. The molecule has 0 fully saturated rings. The first-order valence-electron chi connectivity index (χ1n) is 6.01. The van der Waals surface area contributed by atoms with E-state index in [9.17, 15) is 0 Å². The van der Waals surface area contributed by atoms with Crippen molar-refractivity contribution < 1.29 is 4.42 Å². The van der Waals surface area contributed by atoms with Crippen LogP contribution in [0, 0.1) is 6.92 Å². The van der Waals surface area contributed by atoms with Crippen molar-refractivity contribution in [1.29, 1.82) is 0 Å². The molecule has 0 unspecified atom stereocenters. The van der Waals surface area contributed by atoms with Crippen LogP contribution in [-0.4, -0.2) is 23.3 Å². The van der Waals surface area contributed by atoms with E-state index < -0.39 is 0 Å². The van der Waals surface area contributed by atoms with Crippen molar-refractivity contribution in [3.8, 4) is 11.5 Å². The van der Waals surface area contributed by atoms with E-state index in [0.29, 0.717) is 11.8 Å². The second kappa shape index (κ2) is 6.11.